The molecule has 1 aromatic heterocycles. The summed E-state index contributed by atoms with van der Waals surface area (Å²) in [4.78, 5) is 12.2. The fraction of sp³-hybridized carbons (Fsp3) is 0.0556. The van der Waals surface area contributed by atoms with Gasteiger partial charge >= 0.3 is 6.18 Å². The number of halogens is 5. The SMILES string of the molecule is O=C(Nc1ccn(-c2c(F)cccc2F)c1)c1ccccc1C(F)(F)F. The van der Waals surface area contributed by atoms with Crippen molar-refractivity contribution in [1.29, 1.82) is 0 Å². The van der Waals surface area contributed by atoms with Gasteiger partial charge in [-0.1, -0.05) is 18.2 Å². The normalized spacial score (nSPS) is 11.4. The lowest BCUT2D eigenvalue weighted by Gasteiger charge is -2.12. The first-order valence-corrected chi connectivity index (χ1v) is 7.37. The molecule has 134 valence electrons. The van der Waals surface area contributed by atoms with Crippen LogP contribution in [0.1, 0.15) is 15.9 Å². The molecule has 1 N–H and O–H groups in total. The zero-order valence-electron chi connectivity index (χ0n) is 13.0. The topological polar surface area (TPSA) is 34.0 Å². The largest absolute Gasteiger partial charge is 0.417 e. The average Bonchev–Trinajstić information content (AvgIpc) is 3.02. The summed E-state index contributed by atoms with van der Waals surface area (Å²) in [5.41, 5.74) is -1.89. The summed E-state index contributed by atoms with van der Waals surface area (Å²) in [7, 11) is 0. The number of benzene rings is 2. The summed E-state index contributed by atoms with van der Waals surface area (Å²) in [6.07, 6.45) is -2.20. The van der Waals surface area contributed by atoms with Gasteiger partial charge in [0.25, 0.3) is 5.91 Å². The maximum absolute atomic E-state index is 13.8. The summed E-state index contributed by atoms with van der Waals surface area (Å²) in [6.45, 7) is 0. The minimum atomic E-state index is -4.68. The molecule has 0 spiro atoms. The van der Waals surface area contributed by atoms with E-state index < -0.39 is 34.8 Å². The van der Waals surface area contributed by atoms with Gasteiger partial charge in [0, 0.05) is 12.4 Å². The minimum Gasteiger partial charge on any atom is -0.321 e. The van der Waals surface area contributed by atoms with E-state index >= 15 is 0 Å². The van der Waals surface area contributed by atoms with E-state index in [1.165, 1.54) is 36.7 Å². The molecule has 0 saturated carbocycles. The van der Waals surface area contributed by atoms with Crippen molar-refractivity contribution in [1.82, 2.24) is 4.57 Å². The Morgan fingerprint density at radius 1 is 0.923 bits per heavy atom. The van der Waals surface area contributed by atoms with Crippen LogP contribution in [0, 0.1) is 11.6 Å². The van der Waals surface area contributed by atoms with Crippen LogP contribution in [-0.4, -0.2) is 10.5 Å². The first-order valence-electron chi connectivity index (χ1n) is 7.37. The molecule has 0 unspecified atom stereocenters. The molecule has 0 radical (unpaired) electrons. The van der Waals surface area contributed by atoms with E-state index in [1.807, 2.05) is 0 Å². The van der Waals surface area contributed by atoms with Crippen LogP contribution in [0.25, 0.3) is 5.69 Å². The third-order valence-electron chi connectivity index (χ3n) is 3.62. The second kappa shape index (κ2) is 6.62. The Bertz CT molecular complexity index is 942. The molecule has 0 fully saturated rings. The summed E-state index contributed by atoms with van der Waals surface area (Å²) in [5.74, 6) is -2.62. The highest BCUT2D eigenvalue weighted by Crippen LogP contribution is 2.32. The van der Waals surface area contributed by atoms with Crippen LogP contribution in [0.3, 0.4) is 0 Å². The number of nitrogens with one attached hydrogen (secondary N) is 1. The van der Waals surface area contributed by atoms with E-state index in [0.717, 1.165) is 28.8 Å². The van der Waals surface area contributed by atoms with Gasteiger partial charge in [0.15, 0.2) is 0 Å². The zero-order valence-corrected chi connectivity index (χ0v) is 13.0. The quantitative estimate of drug-likeness (QED) is 0.649. The highest BCUT2D eigenvalue weighted by molar-refractivity contribution is 6.05. The van der Waals surface area contributed by atoms with Gasteiger partial charge in [-0.2, -0.15) is 13.2 Å². The fourth-order valence-corrected chi connectivity index (χ4v) is 2.47. The molecule has 0 atom stereocenters. The molecule has 0 saturated heterocycles. The number of rotatable bonds is 3. The lowest BCUT2D eigenvalue weighted by atomic mass is 10.1. The Morgan fingerprint density at radius 3 is 2.23 bits per heavy atom. The number of alkyl halides is 3. The summed E-state index contributed by atoms with van der Waals surface area (Å²) < 4.78 is 67.6. The van der Waals surface area contributed by atoms with E-state index in [2.05, 4.69) is 5.32 Å². The lowest BCUT2D eigenvalue weighted by molar-refractivity contribution is -0.137. The summed E-state index contributed by atoms with van der Waals surface area (Å²) >= 11 is 0. The molecular formula is C18H11F5N2O. The first kappa shape index (κ1) is 17.7. The van der Waals surface area contributed by atoms with E-state index in [0.29, 0.717) is 0 Å². The van der Waals surface area contributed by atoms with Crippen LogP contribution in [0.2, 0.25) is 0 Å². The van der Waals surface area contributed by atoms with Crippen molar-refractivity contribution in [3.63, 3.8) is 0 Å². The molecule has 26 heavy (non-hydrogen) atoms. The Balaban J connectivity index is 1.88. The van der Waals surface area contributed by atoms with Crippen LogP contribution >= 0.6 is 0 Å². The maximum Gasteiger partial charge on any atom is 0.417 e. The number of amides is 1. The third kappa shape index (κ3) is 3.44. The van der Waals surface area contributed by atoms with Gasteiger partial charge < -0.3 is 9.88 Å². The molecule has 2 aromatic carbocycles. The Hall–Kier alpha value is -3.16. The molecule has 0 aliphatic carbocycles. The van der Waals surface area contributed by atoms with E-state index in [4.69, 9.17) is 0 Å². The van der Waals surface area contributed by atoms with Crippen LogP contribution in [-0.2, 0) is 6.18 Å². The second-order valence-electron chi connectivity index (χ2n) is 5.38. The van der Waals surface area contributed by atoms with Crippen molar-refractivity contribution >= 4 is 11.6 Å². The molecule has 0 aliphatic heterocycles. The number of hydrogen-bond acceptors (Lipinski definition) is 1. The highest BCUT2D eigenvalue weighted by atomic mass is 19.4. The standard InChI is InChI=1S/C18H11F5N2O/c19-14-6-3-7-15(20)16(14)25-9-8-11(10-25)24-17(26)12-4-1-2-5-13(12)18(21,22)23/h1-10H,(H,24,26). The van der Waals surface area contributed by atoms with Crippen molar-refractivity contribution in [2.45, 2.75) is 6.18 Å². The van der Waals surface area contributed by atoms with Crippen molar-refractivity contribution in [3.8, 4) is 5.69 Å². The van der Waals surface area contributed by atoms with Crippen molar-refractivity contribution in [3.05, 3.63) is 83.7 Å². The summed E-state index contributed by atoms with van der Waals surface area (Å²) in [6, 6.07) is 8.99. The Kier molecular flexibility index (Phi) is 4.50. The van der Waals surface area contributed by atoms with Gasteiger partial charge in [0.1, 0.15) is 17.3 Å². The number of para-hydroxylation sites is 1. The third-order valence-corrected chi connectivity index (χ3v) is 3.62. The highest BCUT2D eigenvalue weighted by Gasteiger charge is 2.34. The van der Waals surface area contributed by atoms with E-state index in [9.17, 15) is 26.7 Å². The molecule has 3 nitrogen and oxygen atoms in total. The molecule has 1 heterocycles. The van der Waals surface area contributed by atoms with Gasteiger partial charge in [0.05, 0.1) is 16.8 Å². The van der Waals surface area contributed by atoms with Crippen molar-refractivity contribution < 1.29 is 26.7 Å². The number of hydrogen-bond donors (Lipinski definition) is 1. The smallest absolute Gasteiger partial charge is 0.321 e. The van der Waals surface area contributed by atoms with Crippen LogP contribution in [0.15, 0.2) is 60.9 Å². The monoisotopic (exact) mass is 366 g/mol. The molecule has 3 aromatic rings. The Labute approximate surface area is 144 Å². The Morgan fingerprint density at radius 2 is 1.58 bits per heavy atom. The van der Waals surface area contributed by atoms with Gasteiger partial charge in [-0.15, -0.1) is 0 Å². The van der Waals surface area contributed by atoms with Crippen LogP contribution < -0.4 is 5.32 Å². The second-order valence-corrected chi connectivity index (χ2v) is 5.38. The predicted octanol–water partition coefficient (Wildman–Crippen LogP) is 5.03. The van der Waals surface area contributed by atoms with Crippen LogP contribution in [0.4, 0.5) is 27.6 Å². The van der Waals surface area contributed by atoms with Crippen LogP contribution in [0.5, 0.6) is 0 Å². The zero-order chi connectivity index (χ0) is 18.9. The van der Waals surface area contributed by atoms with Crippen molar-refractivity contribution in [2.24, 2.45) is 0 Å². The number of carbonyl (C=O) groups excluding carboxylic acids is 1. The maximum atomic E-state index is 13.8. The predicted molar refractivity (Wildman–Crippen MR) is 85.1 cm³/mol. The average molecular weight is 366 g/mol. The molecule has 3 rings (SSSR count). The number of nitrogens with zero attached hydrogens (tertiary/aromatic N) is 1. The van der Waals surface area contributed by atoms with Gasteiger partial charge in [-0.05, 0) is 30.3 Å². The van der Waals surface area contributed by atoms with Gasteiger partial charge in [-0.3, -0.25) is 4.79 Å². The molecular weight excluding hydrogens is 355 g/mol. The van der Waals surface area contributed by atoms with Gasteiger partial charge in [0.2, 0.25) is 0 Å². The van der Waals surface area contributed by atoms with Gasteiger partial charge in [-0.25, -0.2) is 8.78 Å². The van der Waals surface area contributed by atoms with Crippen molar-refractivity contribution in [2.75, 3.05) is 5.32 Å². The number of carbonyl (C=O) groups is 1. The molecule has 0 bridgehead atoms. The molecule has 0 aliphatic rings. The number of anilines is 1. The molecule has 8 heteroatoms. The fourth-order valence-electron chi connectivity index (χ4n) is 2.47. The van der Waals surface area contributed by atoms with E-state index in [-0.39, 0.29) is 11.4 Å². The minimum absolute atomic E-state index is 0.0923. The summed E-state index contributed by atoms with van der Waals surface area (Å²) in [5, 5.41) is 2.30. The van der Waals surface area contributed by atoms with E-state index in [1.54, 1.807) is 0 Å². The lowest BCUT2D eigenvalue weighted by Crippen LogP contribution is -2.18. The first-order chi connectivity index (χ1) is 12.3. The number of aromatic nitrogens is 1. The molecule has 1 amide bonds.